The lowest BCUT2D eigenvalue weighted by atomic mass is 10.3. The van der Waals surface area contributed by atoms with Gasteiger partial charge in [0, 0.05) is 31.9 Å². The van der Waals surface area contributed by atoms with Crippen LogP contribution in [0.3, 0.4) is 0 Å². The summed E-state index contributed by atoms with van der Waals surface area (Å²) < 4.78 is 8.63. The van der Waals surface area contributed by atoms with Gasteiger partial charge in [0.1, 0.15) is 11.4 Å². The SMILES string of the molecule is CCn1ncc(NC(=O)c2ccn(COc3ccc(Cl)cc3)n2)c1C(=O)N(C)C. The van der Waals surface area contributed by atoms with Gasteiger partial charge >= 0.3 is 0 Å². The van der Waals surface area contributed by atoms with Crippen LogP contribution in [0, 0.1) is 0 Å². The molecule has 0 aliphatic rings. The summed E-state index contributed by atoms with van der Waals surface area (Å²) in [5.74, 6) is -0.0602. The molecule has 29 heavy (non-hydrogen) atoms. The highest BCUT2D eigenvalue weighted by Gasteiger charge is 2.22. The number of aryl methyl sites for hydroxylation is 1. The molecule has 10 heteroatoms. The van der Waals surface area contributed by atoms with Gasteiger partial charge in [-0.05, 0) is 37.3 Å². The van der Waals surface area contributed by atoms with Crippen LogP contribution < -0.4 is 10.1 Å². The van der Waals surface area contributed by atoms with Crippen LogP contribution in [0.4, 0.5) is 5.69 Å². The molecule has 0 saturated carbocycles. The Morgan fingerprint density at radius 1 is 1.21 bits per heavy atom. The average Bonchev–Trinajstić information content (AvgIpc) is 3.33. The first-order valence-corrected chi connectivity index (χ1v) is 9.27. The monoisotopic (exact) mass is 416 g/mol. The van der Waals surface area contributed by atoms with Gasteiger partial charge in [0.2, 0.25) is 0 Å². The normalized spacial score (nSPS) is 10.6. The van der Waals surface area contributed by atoms with E-state index in [1.807, 2.05) is 6.92 Å². The van der Waals surface area contributed by atoms with Crippen LogP contribution in [0.1, 0.15) is 27.9 Å². The molecule has 2 aromatic heterocycles. The Labute approximate surface area is 172 Å². The number of halogens is 1. The van der Waals surface area contributed by atoms with Gasteiger partial charge in [-0.3, -0.25) is 14.3 Å². The number of ether oxygens (including phenoxy) is 1. The molecule has 3 aromatic rings. The Morgan fingerprint density at radius 2 is 1.93 bits per heavy atom. The van der Waals surface area contributed by atoms with Crippen molar-refractivity contribution in [2.45, 2.75) is 20.2 Å². The molecule has 3 rings (SSSR count). The van der Waals surface area contributed by atoms with Crippen molar-refractivity contribution < 1.29 is 14.3 Å². The minimum atomic E-state index is -0.446. The molecule has 0 atom stereocenters. The Balaban J connectivity index is 1.68. The van der Waals surface area contributed by atoms with Crippen molar-refractivity contribution >= 4 is 29.1 Å². The lowest BCUT2D eigenvalue weighted by molar-refractivity contribution is 0.0816. The van der Waals surface area contributed by atoms with Gasteiger partial charge in [-0.1, -0.05) is 11.6 Å². The van der Waals surface area contributed by atoms with Crippen molar-refractivity contribution in [3.63, 3.8) is 0 Å². The molecule has 0 fully saturated rings. The van der Waals surface area contributed by atoms with E-state index in [1.54, 1.807) is 50.6 Å². The van der Waals surface area contributed by atoms with E-state index in [4.69, 9.17) is 16.3 Å². The predicted molar refractivity (Wildman–Crippen MR) is 108 cm³/mol. The maximum absolute atomic E-state index is 12.6. The summed E-state index contributed by atoms with van der Waals surface area (Å²) in [6, 6.07) is 8.50. The van der Waals surface area contributed by atoms with Crippen LogP contribution in [0.25, 0.3) is 0 Å². The Kier molecular flexibility index (Phi) is 6.18. The zero-order chi connectivity index (χ0) is 21.0. The first kappa shape index (κ1) is 20.4. The Hall–Kier alpha value is -3.33. The van der Waals surface area contributed by atoms with E-state index >= 15 is 0 Å². The van der Waals surface area contributed by atoms with Crippen LogP contribution in [-0.4, -0.2) is 50.4 Å². The lowest BCUT2D eigenvalue weighted by Crippen LogP contribution is -2.26. The van der Waals surface area contributed by atoms with Gasteiger partial charge in [-0.2, -0.15) is 10.2 Å². The van der Waals surface area contributed by atoms with E-state index in [9.17, 15) is 9.59 Å². The minimum absolute atomic E-state index is 0.132. The number of nitrogens with one attached hydrogen (secondary N) is 1. The largest absolute Gasteiger partial charge is 0.471 e. The van der Waals surface area contributed by atoms with Crippen LogP contribution in [0.5, 0.6) is 5.75 Å². The van der Waals surface area contributed by atoms with Gasteiger partial charge in [-0.15, -0.1) is 0 Å². The molecule has 0 unspecified atom stereocenters. The van der Waals surface area contributed by atoms with Crippen LogP contribution in [0.15, 0.2) is 42.7 Å². The first-order valence-electron chi connectivity index (χ1n) is 8.89. The maximum Gasteiger partial charge on any atom is 0.276 e. The molecule has 2 heterocycles. The molecule has 2 amide bonds. The zero-order valence-corrected chi connectivity index (χ0v) is 17.1. The van der Waals surface area contributed by atoms with E-state index in [2.05, 4.69) is 15.5 Å². The summed E-state index contributed by atoms with van der Waals surface area (Å²) in [4.78, 5) is 26.4. The summed E-state index contributed by atoms with van der Waals surface area (Å²) >= 11 is 5.84. The van der Waals surface area contributed by atoms with E-state index in [0.717, 1.165) is 0 Å². The molecule has 0 radical (unpaired) electrons. The quantitative estimate of drug-likeness (QED) is 0.639. The number of carbonyl (C=O) groups is 2. The molecule has 0 aliphatic carbocycles. The van der Waals surface area contributed by atoms with Gasteiger partial charge in [0.25, 0.3) is 11.8 Å². The second-order valence-electron chi connectivity index (χ2n) is 6.34. The Bertz CT molecular complexity index is 1010. The summed E-state index contributed by atoms with van der Waals surface area (Å²) in [5, 5.41) is 11.7. The summed E-state index contributed by atoms with van der Waals surface area (Å²) in [6.45, 7) is 2.50. The summed E-state index contributed by atoms with van der Waals surface area (Å²) in [5.41, 5.74) is 0.844. The molecule has 0 spiro atoms. The number of benzene rings is 1. The number of rotatable bonds is 7. The molecule has 0 bridgehead atoms. The second-order valence-corrected chi connectivity index (χ2v) is 6.78. The van der Waals surface area contributed by atoms with Gasteiger partial charge in [-0.25, -0.2) is 4.68 Å². The Morgan fingerprint density at radius 3 is 2.59 bits per heavy atom. The second kappa shape index (κ2) is 8.78. The third-order valence-electron chi connectivity index (χ3n) is 4.05. The molecule has 152 valence electrons. The van der Waals surface area contributed by atoms with Crippen molar-refractivity contribution in [3.8, 4) is 5.75 Å². The highest BCUT2D eigenvalue weighted by Crippen LogP contribution is 2.18. The van der Waals surface area contributed by atoms with Crippen LogP contribution >= 0.6 is 11.6 Å². The van der Waals surface area contributed by atoms with Crippen molar-refractivity contribution in [1.29, 1.82) is 0 Å². The molecule has 9 nitrogen and oxygen atoms in total. The van der Waals surface area contributed by atoms with E-state index in [0.29, 0.717) is 28.7 Å². The molecule has 1 aromatic carbocycles. The number of hydrogen-bond acceptors (Lipinski definition) is 5. The number of nitrogens with zero attached hydrogens (tertiary/aromatic N) is 5. The van der Waals surface area contributed by atoms with Crippen molar-refractivity contribution in [2.75, 3.05) is 19.4 Å². The van der Waals surface area contributed by atoms with Gasteiger partial charge in [0.05, 0.1) is 11.9 Å². The highest BCUT2D eigenvalue weighted by atomic mass is 35.5. The number of carbonyl (C=O) groups excluding carboxylic acids is 2. The lowest BCUT2D eigenvalue weighted by Gasteiger charge is -2.13. The smallest absolute Gasteiger partial charge is 0.276 e. The molecule has 1 N–H and O–H groups in total. The average molecular weight is 417 g/mol. The molecular formula is C19H21ClN6O3. The van der Waals surface area contributed by atoms with E-state index in [-0.39, 0.29) is 18.3 Å². The molecular weight excluding hydrogens is 396 g/mol. The topological polar surface area (TPSA) is 94.3 Å². The fourth-order valence-electron chi connectivity index (χ4n) is 2.57. The number of aromatic nitrogens is 4. The number of hydrogen-bond donors (Lipinski definition) is 1. The van der Waals surface area contributed by atoms with E-state index in [1.165, 1.54) is 20.5 Å². The highest BCUT2D eigenvalue weighted by molar-refractivity contribution is 6.30. The van der Waals surface area contributed by atoms with Crippen molar-refractivity contribution in [2.24, 2.45) is 0 Å². The fraction of sp³-hybridized carbons (Fsp3) is 0.263. The standard InChI is InChI=1S/C19H21ClN6O3/c1-4-26-17(19(28)24(2)3)16(11-21-26)22-18(27)15-9-10-25(23-15)12-29-14-7-5-13(20)6-8-14/h5-11H,4,12H2,1-3H3,(H,22,27). The van der Waals surface area contributed by atoms with Gasteiger partial charge < -0.3 is 15.0 Å². The molecule has 0 aliphatic heterocycles. The summed E-state index contributed by atoms with van der Waals surface area (Å²) in [7, 11) is 3.28. The van der Waals surface area contributed by atoms with Crippen molar-refractivity contribution in [1.82, 2.24) is 24.5 Å². The first-order chi connectivity index (χ1) is 13.9. The van der Waals surface area contributed by atoms with Crippen LogP contribution in [-0.2, 0) is 13.3 Å². The number of anilines is 1. The van der Waals surface area contributed by atoms with Crippen LogP contribution in [0.2, 0.25) is 5.02 Å². The molecule has 0 saturated heterocycles. The van der Waals surface area contributed by atoms with Crippen molar-refractivity contribution in [3.05, 3.63) is 59.1 Å². The fourth-order valence-corrected chi connectivity index (χ4v) is 2.69. The minimum Gasteiger partial charge on any atom is -0.471 e. The third-order valence-corrected chi connectivity index (χ3v) is 4.30. The summed E-state index contributed by atoms with van der Waals surface area (Å²) in [6.07, 6.45) is 3.09. The van der Waals surface area contributed by atoms with Gasteiger partial charge in [0.15, 0.2) is 12.4 Å². The third kappa shape index (κ3) is 4.75. The predicted octanol–water partition coefficient (Wildman–Crippen LogP) is 2.74. The number of amides is 2. The maximum atomic E-state index is 12.6. The zero-order valence-electron chi connectivity index (χ0n) is 16.3. The van der Waals surface area contributed by atoms with E-state index < -0.39 is 5.91 Å².